The Kier molecular flexibility index (Phi) is 4.57. The van der Waals surface area contributed by atoms with Crippen molar-refractivity contribution in [2.24, 2.45) is 0 Å². The topological polar surface area (TPSA) is 0 Å². The van der Waals surface area contributed by atoms with Crippen LogP contribution in [-0.4, -0.2) is 0 Å². The predicted molar refractivity (Wildman–Crippen MR) is 170 cm³/mol. The van der Waals surface area contributed by atoms with Gasteiger partial charge in [0.1, 0.15) is 0 Å². The Morgan fingerprint density at radius 3 is 1.40 bits per heavy atom. The summed E-state index contributed by atoms with van der Waals surface area (Å²) < 4.78 is 2.29. The largest absolute Gasteiger partial charge is 0.0731 e. The van der Waals surface area contributed by atoms with Crippen LogP contribution < -0.4 is 0 Å². The van der Waals surface area contributed by atoms with Crippen LogP contribution in [0.15, 0.2) is 142 Å². The minimum Gasteiger partial charge on any atom is -0.0619 e. The van der Waals surface area contributed by atoms with Crippen molar-refractivity contribution in [3.63, 3.8) is 0 Å². The first kappa shape index (κ1) is 23.0. The molecule has 0 radical (unpaired) electrons. The van der Waals surface area contributed by atoms with Crippen molar-refractivity contribution in [2.45, 2.75) is 10.8 Å². The summed E-state index contributed by atoms with van der Waals surface area (Å²) in [5.74, 6) is 0. The fourth-order valence-corrected chi connectivity index (χ4v) is 9.54. The number of hydrogen-bond acceptors (Lipinski definition) is 0. The van der Waals surface area contributed by atoms with Crippen LogP contribution in [0.4, 0.5) is 0 Å². The second kappa shape index (κ2) is 7.94. The summed E-state index contributed by atoms with van der Waals surface area (Å²) in [7, 11) is 0. The molecule has 2 heteroatoms. The van der Waals surface area contributed by atoms with Crippen molar-refractivity contribution in [2.75, 3.05) is 0 Å². The van der Waals surface area contributed by atoms with E-state index in [2.05, 4.69) is 165 Å². The molecule has 0 bridgehead atoms. The summed E-state index contributed by atoms with van der Waals surface area (Å²) in [4.78, 5) is 0. The standard InChI is InChI=1S/C38H22Br2/c39-33-21-10-20-32-35(33)25-12-2-4-15-27(25)37(32)28-16-5-7-18-30(28)38(31-19-8-6-17-29(31)37)26-14-3-1-11-23(26)24-13-9-22-34(40)36(24)38/h1-22H. The van der Waals surface area contributed by atoms with Crippen molar-refractivity contribution in [3.05, 3.63) is 187 Å². The molecular weight excluding hydrogens is 616 g/mol. The molecule has 0 saturated heterocycles. The lowest BCUT2D eigenvalue weighted by Gasteiger charge is -2.49. The quantitative estimate of drug-likeness (QED) is 0.155. The van der Waals surface area contributed by atoms with E-state index in [0.717, 1.165) is 8.95 Å². The summed E-state index contributed by atoms with van der Waals surface area (Å²) in [6.45, 7) is 0. The number of fused-ring (bicyclic) bond motifs is 16. The Hall–Kier alpha value is -3.72. The average Bonchev–Trinajstić information content (AvgIpc) is 3.47. The molecular formula is C38H22Br2. The molecule has 0 N–H and O–H groups in total. The molecule has 0 heterocycles. The van der Waals surface area contributed by atoms with E-state index in [9.17, 15) is 0 Å². The van der Waals surface area contributed by atoms with Gasteiger partial charge < -0.3 is 0 Å². The van der Waals surface area contributed by atoms with Crippen LogP contribution in [-0.2, 0) is 10.8 Å². The SMILES string of the molecule is Brc1cccc2c1-c1ccccc1C21c2ccccc2C2(c3ccccc3-c3cccc(Br)c32)c2ccccc21. The van der Waals surface area contributed by atoms with E-state index >= 15 is 0 Å². The molecule has 0 nitrogen and oxygen atoms in total. The van der Waals surface area contributed by atoms with E-state index in [0.29, 0.717) is 0 Å². The van der Waals surface area contributed by atoms with Gasteiger partial charge in [0.25, 0.3) is 0 Å². The van der Waals surface area contributed by atoms with Gasteiger partial charge in [-0.2, -0.15) is 0 Å². The lowest BCUT2D eigenvalue weighted by Crippen LogP contribution is -2.43. The zero-order valence-electron chi connectivity index (χ0n) is 21.5. The molecule has 40 heavy (non-hydrogen) atoms. The second-order valence-corrected chi connectivity index (χ2v) is 12.7. The van der Waals surface area contributed by atoms with Gasteiger partial charge in [-0.1, -0.05) is 153 Å². The van der Waals surface area contributed by atoms with Crippen LogP contribution in [0.5, 0.6) is 0 Å². The van der Waals surface area contributed by atoms with Crippen molar-refractivity contribution in [1.29, 1.82) is 0 Å². The van der Waals surface area contributed by atoms with Crippen molar-refractivity contribution < 1.29 is 0 Å². The lowest BCUT2D eigenvalue weighted by molar-refractivity contribution is 0.631. The number of rotatable bonds is 0. The summed E-state index contributed by atoms with van der Waals surface area (Å²) in [6, 6.07) is 49.9. The van der Waals surface area contributed by atoms with Gasteiger partial charge in [0.05, 0.1) is 10.8 Å². The van der Waals surface area contributed by atoms with Gasteiger partial charge in [-0.05, 0) is 73.3 Å². The summed E-state index contributed by atoms with van der Waals surface area (Å²) in [5, 5.41) is 0. The Morgan fingerprint density at radius 2 is 0.750 bits per heavy atom. The molecule has 0 atom stereocenters. The van der Waals surface area contributed by atoms with Gasteiger partial charge >= 0.3 is 0 Å². The van der Waals surface area contributed by atoms with Gasteiger partial charge in [0.15, 0.2) is 0 Å². The fraction of sp³-hybridized carbons (Fsp3) is 0.0526. The van der Waals surface area contributed by atoms with Gasteiger partial charge in [-0.15, -0.1) is 0 Å². The molecule has 0 unspecified atom stereocenters. The van der Waals surface area contributed by atoms with Crippen molar-refractivity contribution >= 4 is 31.9 Å². The molecule has 9 rings (SSSR count). The van der Waals surface area contributed by atoms with Crippen LogP contribution in [0.1, 0.15) is 44.5 Å². The first-order chi connectivity index (χ1) is 19.7. The molecule has 0 aromatic heterocycles. The zero-order chi connectivity index (χ0) is 26.6. The number of hydrogen-bond donors (Lipinski definition) is 0. The predicted octanol–water partition coefficient (Wildman–Crippen LogP) is 10.3. The first-order valence-electron chi connectivity index (χ1n) is 13.7. The highest BCUT2D eigenvalue weighted by Gasteiger charge is 2.59. The van der Waals surface area contributed by atoms with Gasteiger partial charge in [-0.25, -0.2) is 0 Å². The first-order valence-corrected chi connectivity index (χ1v) is 15.3. The van der Waals surface area contributed by atoms with E-state index in [1.807, 2.05) is 0 Å². The van der Waals surface area contributed by atoms with Crippen molar-refractivity contribution in [3.8, 4) is 22.3 Å². The molecule has 6 aromatic rings. The van der Waals surface area contributed by atoms with Crippen LogP contribution in [0.25, 0.3) is 22.3 Å². The number of halogens is 2. The maximum atomic E-state index is 4.05. The molecule has 6 aromatic carbocycles. The Labute approximate surface area is 250 Å². The summed E-state index contributed by atoms with van der Waals surface area (Å²) >= 11 is 8.00. The minimum absolute atomic E-state index is 0.424. The van der Waals surface area contributed by atoms with Gasteiger partial charge in [0.2, 0.25) is 0 Å². The van der Waals surface area contributed by atoms with E-state index < -0.39 is 10.8 Å². The Bertz CT molecular complexity index is 2000. The van der Waals surface area contributed by atoms with E-state index in [1.54, 1.807) is 0 Å². The van der Waals surface area contributed by atoms with E-state index in [4.69, 9.17) is 0 Å². The van der Waals surface area contributed by atoms with E-state index in [-0.39, 0.29) is 0 Å². The van der Waals surface area contributed by atoms with Crippen LogP contribution in [0.2, 0.25) is 0 Å². The van der Waals surface area contributed by atoms with Crippen LogP contribution in [0.3, 0.4) is 0 Å². The normalized spacial score (nSPS) is 20.4. The molecule has 0 fully saturated rings. The van der Waals surface area contributed by atoms with E-state index in [1.165, 1.54) is 66.8 Å². The lowest BCUT2D eigenvalue weighted by atomic mass is 9.52. The van der Waals surface area contributed by atoms with Crippen LogP contribution >= 0.6 is 31.9 Å². The third-order valence-corrected chi connectivity index (χ3v) is 10.8. The molecule has 0 amide bonds. The smallest absolute Gasteiger partial charge is 0.0619 e. The highest BCUT2D eigenvalue weighted by atomic mass is 79.9. The van der Waals surface area contributed by atoms with Crippen molar-refractivity contribution in [1.82, 2.24) is 0 Å². The highest BCUT2D eigenvalue weighted by molar-refractivity contribution is 9.10. The van der Waals surface area contributed by atoms with Crippen LogP contribution in [0, 0.1) is 0 Å². The molecule has 3 aliphatic rings. The molecule has 188 valence electrons. The molecule has 0 saturated carbocycles. The average molecular weight is 638 g/mol. The summed E-state index contributed by atoms with van der Waals surface area (Å²) in [5.41, 5.74) is 15.2. The Morgan fingerprint density at radius 1 is 0.325 bits per heavy atom. The second-order valence-electron chi connectivity index (χ2n) is 11.0. The Balaban J connectivity index is 1.55. The zero-order valence-corrected chi connectivity index (χ0v) is 24.6. The summed E-state index contributed by atoms with van der Waals surface area (Å²) in [6.07, 6.45) is 0. The maximum absolute atomic E-state index is 4.05. The molecule has 3 aliphatic carbocycles. The monoisotopic (exact) mass is 636 g/mol. The molecule has 0 aliphatic heterocycles. The fourth-order valence-electron chi connectivity index (χ4n) is 8.30. The van der Waals surface area contributed by atoms with Gasteiger partial charge in [0, 0.05) is 14.5 Å². The molecule has 2 spiro atoms. The van der Waals surface area contributed by atoms with Gasteiger partial charge in [-0.3, -0.25) is 0 Å². The highest BCUT2D eigenvalue weighted by Crippen LogP contribution is 2.68. The third kappa shape index (κ3) is 2.46. The maximum Gasteiger partial charge on any atom is 0.0731 e. The minimum atomic E-state index is -0.436. The third-order valence-electron chi connectivity index (χ3n) is 9.50. The number of benzene rings is 6.